The molecular formula is C15H18N2O3. The number of aliphatic hydroxyl groups is 1. The largest absolute Gasteiger partial charge is 0.394 e. The van der Waals surface area contributed by atoms with Crippen LogP contribution in [-0.2, 0) is 4.74 Å². The van der Waals surface area contributed by atoms with E-state index in [4.69, 9.17) is 4.74 Å². The predicted molar refractivity (Wildman–Crippen MR) is 75.6 cm³/mol. The standard InChI is InChI=1S/C15H18N2O3/c18-10-15(4-7-20-8-5-15)17-14(19)12-1-2-13-11(9-12)3-6-16-13/h1-3,6,9,16,18H,4-5,7-8,10H2,(H,17,19). The van der Waals surface area contributed by atoms with Crippen LogP contribution in [0.25, 0.3) is 10.9 Å². The molecule has 1 saturated heterocycles. The molecule has 0 bridgehead atoms. The molecule has 0 spiro atoms. The van der Waals surface area contributed by atoms with Crippen LogP contribution >= 0.6 is 0 Å². The van der Waals surface area contributed by atoms with E-state index in [1.807, 2.05) is 24.4 Å². The molecule has 106 valence electrons. The molecule has 1 aliphatic heterocycles. The van der Waals surface area contributed by atoms with Crippen molar-refractivity contribution in [2.75, 3.05) is 19.8 Å². The van der Waals surface area contributed by atoms with Gasteiger partial charge in [0, 0.05) is 35.9 Å². The lowest BCUT2D eigenvalue weighted by Gasteiger charge is -2.36. The summed E-state index contributed by atoms with van der Waals surface area (Å²) in [6.07, 6.45) is 3.13. The maximum absolute atomic E-state index is 12.4. The highest BCUT2D eigenvalue weighted by molar-refractivity contribution is 5.98. The van der Waals surface area contributed by atoms with E-state index in [-0.39, 0.29) is 12.5 Å². The van der Waals surface area contributed by atoms with Gasteiger partial charge in [-0.15, -0.1) is 0 Å². The van der Waals surface area contributed by atoms with Gasteiger partial charge in [0.25, 0.3) is 5.91 Å². The zero-order valence-corrected chi connectivity index (χ0v) is 11.2. The van der Waals surface area contributed by atoms with Crippen LogP contribution in [0, 0.1) is 0 Å². The summed E-state index contributed by atoms with van der Waals surface area (Å²) in [5.41, 5.74) is 1.06. The van der Waals surface area contributed by atoms with Crippen molar-refractivity contribution in [1.82, 2.24) is 10.3 Å². The number of fused-ring (bicyclic) bond motifs is 1. The third kappa shape index (κ3) is 2.42. The molecule has 0 saturated carbocycles. The zero-order chi connectivity index (χ0) is 14.0. The molecule has 2 heterocycles. The number of ether oxygens (including phenoxy) is 1. The van der Waals surface area contributed by atoms with Crippen molar-refractivity contribution in [2.24, 2.45) is 0 Å². The number of rotatable bonds is 3. The van der Waals surface area contributed by atoms with Crippen molar-refractivity contribution in [3.63, 3.8) is 0 Å². The first-order valence-electron chi connectivity index (χ1n) is 6.81. The smallest absolute Gasteiger partial charge is 0.251 e. The fraction of sp³-hybridized carbons (Fsp3) is 0.400. The summed E-state index contributed by atoms with van der Waals surface area (Å²) in [7, 11) is 0. The molecule has 0 atom stereocenters. The van der Waals surface area contributed by atoms with E-state index in [1.54, 1.807) is 6.07 Å². The average Bonchev–Trinajstić information content (AvgIpc) is 2.95. The number of carbonyl (C=O) groups excluding carboxylic acids is 1. The highest BCUT2D eigenvalue weighted by atomic mass is 16.5. The maximum Gasteiger partial charge on any atom is 0.251 e. The number of nitrogens with one attached hydrogen (secondary N) is 2. The Balaban J connectivity index is 1.80. The van der Waals surface area contributed by atoms with E-state index in [9.17, 15) is 9.90 Å². The lowest BCUT2D eigenvalue weighted by molar-refractivity contribution is 0.0125. The van der Waals surface area contributed by atoms with Gasteiger partial charge in [-0.25, -0.2) is 0 Å². The van der Waals surface area contributed by atoms with Gasteiger partial charge in [-0.05, 0) is 37.1 Å². The maximum atomic E-state index is 12.4. The van der Waals surface area contributed by atoms with Crippen LogP contribution < -0.4 is 5.32 Å². The number of carbonyl (C=O) groups is 1. The Kier molecular flexibility index (Phi) is 3.46. The summed E-state index contributed by atoms with van der Waals surface area (Å²) < 4.78 is 5.29. The fourth-order valence-electron chi connectivity index (χ4n) is 2.59. The summed E-state index contributed by atoms with van der Waals surface area (Å²) >= 11 is 0. The number of hydrogen-bond donors (Lipinski definition) is 3. The minimum Gasteiger partial charge on any atom is -0.394 e. The van der Waals surface area contributed by atoms with E-state index in [2.05, 4.69) is 10.3 Å². The number of hydrogen-bond acceptors (Lipinski definition) is 3. The molecule has 20 heavy (non-hydrogen) atoms. The van der Waals surface area contributed by atoms with E-state index >= 15 is 0 Å². The number of aliphatic hydroxyl groups excluding tert-OH is 1. The molecular weight excluding hydrogens is 256 g/mol. The first kappa shape index (κ1) is 13.1. The van der Waals surface area contributed by atoms with Crippen molar-refractivity contribution in [3.8, 4) is 0 Å². The van der Waals surface area contributed by atoms with Crippen LogP contribution in [0.15, 0.2) is 30.5 Å². The Morgan fingerprint density at radius 3 is 2.90 bits per heavy atom. The Morgan fingerprint density at radius 2 is 2.15 bits per heavy atom. The molecule has 0 aliphatic carbocycles. The summed E-state index contributed by atoms with van der Waals surface area (Å²) in [5, 5.41) is 13.6. The molecule has 0 unspecified atom stereocenters. The Hall–Kier alpha value is -1.85. The minimum atomic E-state index is -0.553. The second-order valence-electron chi connectivity index (χ2n) is 5.28. The van der Waals surface area contributed by atoms with E-state index in [0.29, 0.717) is 31.6 Å². The number of aromatic nitrogens is 1. The van der Waals surface area contributed by atoms with Crippen LogP contribution in [0.1, 0.15) is 23.2 Å². The van der Waals surface area contributed by atoms with Gasteiger partial charge in [0.2, 0.25) is 0 Å². The summed E-state index contributed by atoms with van der Waals surface area (Å²) in [6.45, 7) is 1.07. The SMILES string of the molecule is O=C(NC1(CO)CCOCC1)c1ccc2[nH]ccc2c1. The quantitative estimate of drug-likeness (QED) is 0.793. The van der Waals surface area contributed by atoms with Gasteiger partial charge in [0.15, 0.2) is 0 Å². The molecule has 5 nitrogen and oxygen atoms in total. The van der Waals surface area contributed by atoms with Gasteiger partial charge in [-0.1, -0.05) is 0 Å². The van der Waals surface area contributed by atoms with Crippen LogP contribution in [0.3, 0.4) is 0 Å². The predicted octanol–water partition coefficient (Wildman–Crippen LogP) is 1.44. The number of H-pyrrole nitrogens is 1. The van der Waals surface area contributed by atoms with Gasteiger partial charge < -0.3 is 20.1 Å². The molecule has 1 fully saturated rings. The molecule has 0 radical (unpaired) electrons. The Morgan fingerprint density at radius 1 is 1.35 bits per heavy atom. The van der Waals surface area contributed by atoms with Crippen molar-refractivity contribution >= 4 is 16.8 Å². The lowest BCUT2D eigenvalue weighted by atomic mass is 9.90. The van der Waals surface area contributed by atoms with Crippen molar-refractivity contribution < 1.29 is 14.6 Å². The highest BCUT2D eigenvalue weighted by Gasteiger charge is 2.33. The summed E-state index contributed by atoms with van der Waals surface area (Å²) in [5.74, 6) is -0.149. The molecule has 3 rings (SSSR count). The molecule has 2 aromatic rings. The Labute approximate surface area is 116 Å². The van der Waals surface area contributed by atoms with Crippen LogP contribution in [0.4, 0.5) is 0 Å². The van der Waals surface area contributed by atoms with E-state index in [0.717, 1.165) is 10.9 Å². The second-order valence-corrected chi connectivity index (χ2v) is 5.28. The van der Waals surface area contributed by atoms with Gasteiger partial charge in [-0.2, -0.15) is 0 Å². The first-order chi connectivity index (χ1) is 9.72. The van der Waals surface area contributed by atoms with Gasteiger partial charge in [0.05, 0.1) is 12.1 Å². The minimum absolute atomic E-state index is 0.0610. The second kappa shape index (κ2) is 5.26. The highest BCUT2D eigenvalue weighted by Crippen LogP contribution is 2.21. The lowest BCUT2D eigenvalue weighted by Crippen LogP contribution is -2.54. The van der Waals surface area contributed by atoms with E-state index in [1.165, 1.54) is 0 Å². The average molecular weight is 274 g/mol. The third-order valence-corrected chi connectivity index (χ3v) is 3.95. The summed E-state index contributed by atoms with van der Waals surface area (Å²) in [4.78, 5) is 15.5. The van der Waals surface area contributed by atoms with Crippen LogP contribution in [0.2, 0.25) is 0 Å². The van der Waals surface area contributed by atoms with Crippen molar-refractivity contribution in [1.29, 1.82) is 0 Å². The van der Waals surface area contributed by atoms with Crippen LogP contribution in [-0.4, -0.2) is 41.4 Å². The molecule has 5 heteroatoms. The number of amides is 1. The molecule has 1 aromatic heterocycles. The molecule has 3 N–H and O–H groups in total. The first-order valence-corrected chi connectivity index (χ1v) is 6.81. The number of aromatic amines is 1. The monoisotopic (exact) mass is 274 g/mol. The van der Waals surface area contributed by atoms with Crippen molar-refractivity contribution in [3.05, 3.63) is 36.0 Å². The fourth-order valence-corrected chi connectivity index (χ4v) is 2.59. The normalized spacial score (nSPS) is 18.1. The van der Waals surface area contributed by atoms with Gasteiger partial charge >= 0.3 is 0 Å². The summed E-state index contributed by atoms with van der Waals surface area (Å²) in [6, 6.07) is 7.46. The Bertz CT molecular complexity index is 614. The van der Waals surface area contributed by atoms with Crippen LogP contribution in [0.5, 0.6) is 0 Å². The molecule has 1 amide bonds. The molecule has 1 aliphatic rings. The number of benzene rings is 1. The zero-order valence-electron chi connectivity index (χ0n) is 11.2. The van der Waals surface area contributed by atoms with E-state index < -0.39 is 5.54 Å². The van der Waals surface area contributed by atoms with Crippen molar-refractivity contribution in [2.45, 2.75) is 18.4 Å². The molecule has 1 aromatic carbocycles. The van der Waals surface area contributed by atoms with Gasteiger partial charge in [0.1, 0.15) is 0 Å². The van der Waals surface area contributed by atoms with Gasteiger partial charge in [-0.3, -0.25) is 4.79 Å². The topological polar surface area (TPSA) is 74.3 Å². The third-order valence-electron chi connectivity index (χ3n) is 3.95.